The van der Waals surface area contributed by atoms with Crippen molar-refractivity contribution in [1.82, 2.24) is 4.90 Å². The number of rotatable bonds is 2. The molecule has 0 spiro atoms. The maximum atomic E-state index is 9.29. The van der Waals surface area contributed by atoms with E-state index in [1.165, 1.54) is 5.69 Å². The summed E-state index contributed by atoms with van der Waals surface area (Å²) in [5.74, 6) is 0.428. The van der Waals surface area contributed by atoms with E-state index in [2.05, 4.69) is 45.3 Å². The van der Waals surface area contributed by atoms with Gasteiger partial charge in [0.15, 0.2) is 0 Å². The van der Waals surface area contributed by atoms with Crippen LogP contribution in [0.15, 0.2) is 35.1 Å². The lowest BCUT2D eigenvalue weighted by molar-refractivity contribution is 0.229. The zero-order chi connectivity index (χ0) is 14.1. The molecule has 3 saturated heterocycles. The third-order valence-electron chi connectivity index (χ3n) is 4.31. The summed E-state index contributed by atoms with van der Waals surface area (Å²) in [6.07, 6.45) is 4.35. The van der Waals surface area contributed by atoms with E-state index >= 15 is 0 Å². The first-order valence-corrected chi connectivity index (χ1v) is 7.15. The highest BCUT2D eigenvalue weighted by molar-refractivity contribution is 6.05. The van der Waals surface area contributed by atoms with Crippen molar-refractivity contribution < 1.29 is 5.21 Å². The number of anilines is 1. The van der Waals surface area contributed by atoms with Crippen LogP contribution in [0.5, 0.6) is 0 Å². The number of nitrogens with zero attached hydrogens (tertiary/aromatic N) is 3. The monoisotopic (exact) mass is 271 g/mol. The molecule has 3 aliphatic rings. The summed E-state index contributed by atoms with van der Waals surface area (Å²) in [6.45, 7) is 2.15. The van der Waals surface area contributed by atoms with Crippen molar-refractivity contribution in [2.45, 2.75) is 12.8 Å². The zero-order valence-corrected chi connectivity index (χ0v) is 12.1. The van der Waals surface area contributed by atoms with Gasteiger partial charge in [0, 0.05) is 38.8 Å². The molecule has 0 atom stereocenters. The average molecular weight is 271 g/mol. The standard InChI is InChI=1S/C16H21N3O/c1-18(2)14-5-3-12(4-6-14)11-15-16(17-20)13-7-9-19(15)10-8-13/h3-6,11,13,20H,7-10H2,1-2H3. The van der Waals surface area contributed by atoms with E-state index in [4.69, 9.17) is 0 Å². The molecule has 4 nitrogen and oxygen atoms in total. The fourth-order valence-electron chi connectivity index (χ4n) is 3.09. The fraction of sp³-hybridized carbons (Fsp3) is 0.438. The fourth-order valence-corrected chi connectivity index (χ4v) is 3.09. The van der Waals surface area contributed by atoms with E-state index in [0.717, 1.165) is 42.9 Å². The summed E-state index contributed by atoms with van der Waals surface area (Å²) in [5.41, 5.74) is 4.29. The number of fused-ring (bicyclic) bond motifs is 3. The van der Waals surface area contributed by atoms with Gasteiger partial charge in [-0.15, -0.1) is 0 Å². The molecule has 4 heteroatoms. The van der Waals surface area contributed by atoms with Gasteiger partial charge >= 0.3 is 0 Å². The van der Waals surface area contributed by atoms with Crippen molar-refractivity contribution in [2.24, 2.45) is 11.1 Å². The van der Waals surface area contributed by atoms with Gasteiger partial charge in [0.05, 0.1) is 5.70 Å². The average Bonchev–Trinajstić information content (AvgIpc) is 2.49. The molecule has 3 heterocycles. The van der Waals surface area contributed by atoms with Gasteiger partial charge in [0.1, 0.15) is 5.71 Å². The zero-order valence-electron chi connectivity index (χ0n) is 12.1. The van der Waals surface area contributed by atoms with Crippen LogP contribution in [0.3, 0.4) is 0 Å². The molecule has 0 radical (unpaired) electrons. The van der Waals surface area contributed by atoms with Crippen LogP contribution >= 0.6 is 0 Å². The molecule has 3 fully saturated rings. The van der Waals surface area contributed by atoms with Crippen molar-refractivity contribution in [3.05, 3.63) is 35.5 Å². The maximum absolute atomic E-state index is 9.29. The van der Waals surface area contributed by atoms with Crippen LogP contribution in [0.25, 0.3) is 6.08 Å². The minimum atomic E-state index is 0.428. The first kappa shape index (κ1) is 13.0. The van der Waals surface area contributed by atoms with Crippen LogP contribution < -0.4 is 4.90 Å². The smallest absolute Gasteiger partial charge is 0.106 e. The minimum absolute atomic E-state index is 0.428. The quantitative estimate of drug-likeness (QED) is 0.664. The van der Waals surface area contributed by atoms with Gasteiger partial charge in [-0.3, -0.25) is 0 Å². The van der Waals surface area contributed by atoms with Crippen molar-refractivity contribution in [2.75, 3.05) is 32.1 Å². The molecule has 1 N–H and O–H groups in total. The van der Waals surface area contributed by atoms with E-state index < -0.39 is 0 Å². The van der Waals surface area contributed by atoms with E-state index in [0.29, 0.717) is 5.92 Å². The van der Waals surface area contributed by atoms with E-state index in [9.17, 15) is 5.21 Å². The number of piperidine rings is 3. The van der Waals surface area contributed by atoms with Crippen molar-refractivity contribution in [3.8, 4) is 0 Å². The Morgan fingerprint density at radius 3 is 2.40 bits per heavy atom. The largest absolute Gasteiger partial charge is 0.411 e. The van der Waals surface area contributed by atoms with Gasteiger partial charge in [-0.25, -0.2) is 0 Å². The van der Waals surface area contributed by atoms with Crippen LogP contribution in [0.2, 0.25) is 0 Å². The summed E-state index contributed by atoms with van der Waals surface area (Å²) < 4.78 is 0. The van der Waals surface area contributed by atoms with Crippen LogP contribution in [-0.2, 0) is 0 Å². The Kier molecular flexibility index (Phi) is 3.38. The molecule has 1 aromatic rings. The van der Waals surface area contributed by atoms with Gasteiger partial charge in [-0.1, -0.05) is 17.3 Å². The van der Waals surface area contributed by atoms with Gasteiger partial charge < -0.3 is 15.0 Å². The molecular weight excluding hydrogens is 250 g/mol. The number of allylic oxidation sites excluding steroid dienone is 1. The van der Waals surface area contributed by atoms with Gasteiger partial charge in [-0.05, 0) is 36.6 Å². The molecule has 1 aromatic carbocycles. The second-order valence-electron chi connectivity index (χ2n) is 5.76. The summed E-state index contributed by atoms with van der Waals surface area (Å²) in [7, 11) is 4.07. The van der Waals surface area contributed by atoms with Crippen LogP contribution in [0.4, 0.5) is 5.69 Å². The molecule has 20 heavy (non-hydrogen) atoms. The number of hydrogen-bond acceptors (Lipinski definition) is 4. The summed E-state index contributed by atoms with van der Waals surface area (Å²) in [5, 5.41) is 12.8. The third kappa shape index (κ3) is 2.26. The van der Waals surface area contributed by atoms with E-state index in [1.807, 2.05) is 14.1 Å². The first-order valence-electron chi connectivity index (χ1n) is 7.15. The van der Waals surface area contributed by atoms with Crippen molar-refractivity contribution in [3.63, 3.8) is 0 Å². The Labute approximate surface area is 120 Å². The lowest BCUT2D eigenvalue weighted by atomic mass is 9.83. The molecule has 0 aliphatic carbocycles. The maximum Gasteiger partial charge on any atom is 0.106 e. The van der Waals surface area contributed by atoms with Gasteiger partial charge in [-0.2, -0.15) is 0 Å². The van der Waals surface area contributed by atoms with Gasteiger partial charge in [0.25, 0.3) is 0 Å². The molecule has 2 bridgehead atoms. The minimum Gasteiger partial charge on any atom is -0.411 e. The van der Waals surface area contributed by atoms with Crippen molar-refractivity contribution in [1.29, 1.82) is 0 Å². The lowest BCUT2D eigenvalue weighted by Crippen LogP contribution is -2.46. The van der Waals surface area contributed by atoms with E-state index in [1.54, 1.807) is 0 Å². The lowest BCUT2D eigenvalue weighted by Gasteiger charge is -2.42. The molecule has 106 valence electrons. The summed E-state index contributed by atoms with van der Waals surface area (Å²) in [6, 6.07) is 8.44. The predicted molar refractivity (Wildman–Crippen MR) is 82.3 cm³/mol. The van der Waals surface area contributed by atoms with Crippen LogP contribution in [0, 0.1) is 5.92 Å². The Hall–Kier alpha value is -1.97. The normalized spacial score (nSPS) is 22.8. The Morgan fingerprint density at radius 1 is 1.20 bits per heavy atom. The Balaban J connectivity index is 1.90. The number of benzene rings is 1. The summed E-state index contributed by atoms with van der Waals surface area (Å²) >= 11 is 0. The summed E-state index contributed by atoms with van der Waals surface area (Å²) in [4.78, 5) is 4.42. The highest BCUT2D eigenvalue weighted by atomic mass is 16.4. The topological polar surface area (TPSA) is 39.1 Å². The highest BCUT2D eigenvalue weighted by Crippen LogP contribution is 2.33. The predicted octanol–water partition coefficient (Wildman–Crippen LogP) is 2.65. The third-order valence-corrected chi connectivity index (χ3v) is 4.31. The molecule has 4 rings (SSSR count). The molecule has 0 amide bonds. The van der Waals surface area contributed by atoms with Crippen molar-refractivity contribution >= 4 is 17.5 Å². The van der Waals surface area contributed by atoms with E-state index in [-0.39, 0.29) is 0 Å². The highest BCUT2D eigenvalue weighted by Gasteiger charge is 2.35. The molecule has 3 aliphatic heterocycles. The molecule has 0 aromatic heterocycles. The first-order chi connectivity index (χ1) is 9.69. The Morgan fingerprint density at radius 2 is 1.85 bits per heavy atom. The second kappa shape index (κ2) is 5.19. The molecule has 0 saturated carbocycles. The molecular formula is C16H21N3O. The van der Waals surface area contributed by atoms with Crippen LogP contribution in [0.1, 0.15) is 18.4 Å². The van der Waals surface area contributed by atoms with Gasteiger partial charge in [0.2, 0.25) is 0 Å². The second-order valence-corrected chi connectivity index (χ2v) is 5.76. The Bertz CT molecular complexity index is 537. The number of hydrogen-bond donors (Lipinski definition) is 1. The van der Waals surface area contributed by atoms with Crippen LogP contribution in [-0.4, -0.2) is 43.0 Å². The molecule has 0 unspecified atom stereocenters. The SMILES string of the molecule is CN(C)c1ccc(C=C2C(=NO)C3CCN2CC3)cc1. The number of oxime groups is 1.